The van der Waals surface area contributed by atoms with Gasteiger partial charge in [-0.15, -0.1) is 0 Å². The number of amides is 2. The van der Waals surface area contributed by atoms with E-state index in [-0.39, 0.29) is 42.0 Å². The SMILES string of the molecule is CN1CC(=O)N(Cc2cccc(C(N)=S)c2F)CC1=O. The van der Waals surface area contributed by atoms with Crippen LogP contribution in [0.1, 0.15) is 11.1 Å². The van der Waals surface area contributed by atoms with E-state index in [0.29, 0.717) is 5.56 Å². The van der Waals surface area contributed by atoms with Crippen LogP contribution in [0.4, 0.5) is 4.39 Å². The second-order valence-corrected chi connectivity index (χ2v) is 5.08. The maximum absolute atomic E-state index is 14.2. The molecule has 0 bridgehead atoms. The summed E-state index contributed by atoms with van der Waals surface area (Å²) in [4.78, 5) is 26.1. The van der Waals surface area contributed by atoms with Gasteiger partial charge in [0.05, 0.1) is 6.54 Å². The molecule has 1 fully saturated rings. The van der Waals surface area contributed by atoms with Crippen LogP contribution in [0, 0.1) is 5.82 Å². The van der Waals surface area contributed by atoms with Crippen LogP contribution < -0.4 is 5.73 Å². The van der Waals surface area contributed by atoms with E-state index in [2.05, 4.69) is 0 Å². The third-order valence-electron chi connectivity index (χ3n) is 3.18. The third-order valence-corrected chi connectivity index (χ3v) is 3.40. The smallest absolute Gasteiger partial charge is 0.242 e. The molecule has 5 nitrogen and oxygen atoms in total. The zero-order valence-electron chi connectivity index (χ0n) is 10.9. The van der Waals surface area contributed by atoms with E-state index in [4.69, 9.17) is 18.0 Å². The van der Waals surface area contributed by atoms with Crippen LogP contribution in [0.3, 0.4) is 0 Å². The number of halogens is 1. The fraction of sp³-hybridized carbons (Fsp3) is 0.308. The summed E-state index contributed by atoms with van der Waals surface area (Å²) in [5, 5.41) is 0. The number of nitrogens with zero attached hydrogens (tertiary/aromatic N) is 2. The molecule has 1 heterocycles. The van der Waals surface area contributed by atoms with Gasteiger partial charge < -0.3 is 15.5 Å². The van der Waals surface area contributed by atoms with Crippen molar-refractivity contribution in [1.82, 2.24) is 9.80 Å². The molecular formula is C13H14FN3O2S. The lowest BCUT2D eigenvalue weighted by Gasteiger charge is -2.31. The lowest BCUT2D eigenvalue weighted by Crippen LogP contribution is -2.51. The predicted molar refractivity (Wildman–Crippen MR) is 75.3 cm³/mol. The van der Waals surface area contributed by atoms with Crippen molar-refractivity contribution >= 4 is 29.0 Å². The van der Waals surface area contributed by atoms with Crippen LogP contribution >= 0.6 is 12.2 Å². The summed E-state index contributed by atoms with van der Waals surface area (Å²) in [6, 6.07) is 4.65. The molecule has 2 rings (SSSR count). The molecule has 1 saturated heterocycles. The number of hydrogen-bond acceptors (Lipinski definition) is 3. The summed E-state index contributed by atoms with van der Waals surface area (Å²) in [5.74, 6) is -0.929. The van der Waals surface area contributed by atoms with E-state index >= 15 is 0 Å². The standard InChI is InChI=1S/C13H14FN3O2S/c1-16-6-11(19)17(7-10(16)18)5-8-3-2-4-9(12(8)14)13(15)20/h2-4H,5-7H2,1H3,(H2,15,20). The number of carbonyl (C=O) groups is 2. The van der Waals surface area contributed by atoms with E-state index in [1.165, 1.54) is 15.9 Å². The zero-order chi connectivity index (χ0) is 14.9. The van der Waals surface area contributed by atoms with Crippen LogP contribution in [0.2, 0.25) is 0 Å². The Balaban J connectivity index is 2.22. The molecule has 0 atom stereocenters. The molecule has 20 heavy (non-hydrogen) atoms. The highest BCUT2D eigenvalue weighted by Gasteiger charge is 2.28. The second-order valence-electron chi connectivity index (χ2n) is 4.64. The molecule has 0 aliphatic carbocycles. The molecule has 0 saturated carbocycles. The highest BCUT2D eigenvalue weighted by atomic mass is 32.1. The molecule has 1 aromatic carbocycles. The van der Waals surface area contributed by atoms with E-state index in [0.717, 1.165) is 0 Å². The predicted octanol–water partition coefficient (Wildman–Crippen LogP) is 0.260. The van der Waals surface area contributed by atoms with Gasteiger partial charge in [-0.2, -0.15) is 0 Å². The summed E-state index contributed by atoms with van der Waals surface area (Å²) >= 11 is 4.77. The van der Waals surface area contributed by atoms with E-state index in [1.54, 1.807) is 19.2 Å². The van der Waals surface area contributed by atoms with Crippen LogP contribution in [-0.2, 0) is 16.1 Å². The first-order valence-corrected chi connectivity index (χ1v) is 6.40. The third kappa shape index (κ3) is 2.77. The number of thiocarbonyl (C=S) groups is 1. The van der Waals surface area contributed by atoms with Crippen molar-refractivity contribution in [3.63, 3.8) is 0 Å². The molecule has 7 heteroatoms. The molecule has 1 aliphatic rings. The van der Waals surface area contributed by atoms with Crippen molar-refractivity contribution in [2.45, 2.75) is 6.54 Å². The summed E-state index contributed by atoms with van der Waals surface area (Å²) in [5.41, 5.74) is 5.87. The van der Waals surface area contributed by atoms with Crippen molar-refractivity contribution < 1.29 is 14.0 Å². The Hall–Kier alpha value is -2.02. The Bertz CT molecular complexity index is 591. The number of likely N-dealkylation sites (N-methyl/N-ethyl adjacent to an activating group) is 1. The first-order chi connectivity index (χ1) is 9.40. The van der Waals surface area contributed by atoms with Crippen molar-refractivity contribution in [3.05, 3.63) is 35.1 Å². The number of carbonyl (C=O) groups excluding carboxylic acids is 2. The average Bonchev–Trinajstić information content (AvgIpc) is 2.37. The van der Waals surface area contributed by atoms with Crippen molar-refractivity contribution in [2.75, 3.05) is 20.1 Å². The van der Waals surface area contributed by atoms with E-state index in [9.17, 15) is 14.0 Å². The van der Waals surface area contributed by atoms with Gasteiger partial charge in [-0.1, -0.05) is 24.4 Å². The minimum atomic E-state index is -0.542. The molecule has 2 N–H and O–H groups in total. The van der Waals surface area contributed by atoms with Crippen LogP contribution in [0.5, 0.6) is 0 Å². The van der Waals surface area contributed by atoms with Crippen molar-refractivity contribution in [2.24, 2.45) is 5.73 Å². The summed E-state index contributed by atoms with van der Waals surface area (Å²) in [7, 11) is 1.56. The monoisotopic (exact) mass is 295 g/mol. The molecule has 1 aromatic rings. The van der Waals surface area contributed by atoms with Crippen molar-refractivity contribution in [3.8, 4) is 0 Å². The van der Waals surface area contributed by atoms with Crippen molar-refractivity contribution in [1.29, 1.82) is 0 Å². The quantitative estimate of drug-likeness (QED) is 0.812. The molecule has 0 radical (unpaired) electrons. The van der Waals surface area contributed by atoms with Gasteiger partial charge in [0, 0.05) is 24.7 Å². The van der Waals surface area contributed by atoms with Gasteiger partial charge in [-0.3, -0.25) is 9.59 Å². The zero-order valence-corrected chi connectivity index (χ0v) is 11.7. The van der Waals surface area contributed by atoms with E-state index in [1.807, 2.05) is 0 Å². The fourth-order valence-electron chi connectivity index (χ4n) is 2.01. The summed E-state index contributed by atoms with van der Waals surface area (Å²) in [6.45, 7) is -0.0117. The van der Waals surface area contributed by atoms with Gasteiger partial charge >= 0.3 is 0 Å². The summed E-state index contributed by atoms with van der Waals surface area (Å²) in [6.07, 6.45) is 0. The number of hydrogen-bond donors (Lipinski definition) is 1. The Kier molecular flexibility index (Phi) is 3.99. The number of piperazine rings is 1. The molecular weight excluding hydrogens is 281 g/mol. The van der Waals surface area contributed by atoms with Crippen LogP contribution in [-0.4, -0.2) is 46.7 Å². The van der Waals surface area contributed by atoms with Gasteiger partial charge in [0.1, 0.15) is 17.4 Å². The van der Waals surface area contributed by atoms with Gasteiger partial charge in [-0.05, 0) is 6.07 Å². The first-order valence-electron chi connectivity index (χ1n) is 5.99. The fourth-order valence-corrected chi connectivity index (χ4v) is 2.16. The largest absolute Gasteiger partial charge is 0.389 e. The van der Waals surface area contributed by atoms with Crippen LogP contribution in [0.15, 0.2) is 18.2 Å². The minimum Gasteiger partial charge on any atom is -0.389 e. The average molecular weight is 295 g/mol. The normalized spacial score (nSPS) is 15.7. The van der Waals surface area contributed by atoms with Gasteiger partial charge in [0.25, 0.3) is 0 Å². The Morgan fingerprint density at radius 2 is 2.05 bits per heavy atom. The van der Waals surface area contributed by atoms with Gasteiger partial charge in [0.15, 0.2) is 0 Å². The number of nitrogens with two attached hydrogens (primary N) is 1. The lowest BCUT2D eigenvalue weighted by molar-refractivity contribution is -0.149. The van der Waals surface area contributed by atoms with Crippen LogP contribution in [0.25, 0.3) is 0 Å². The number of rotatable bonds is 3. The first kappa shape index (κ1) is 14.4. The Morgan fingerprint density at radius 3 is 2.70 bits per heavy atom. The van der Waals surface area contributed by atoms with Gasteiger partial charge in [-0.25, -0.2) is 4.39 Å². The topological polar surface area (TPSA) is 66.6 Å². The lowest BCUT2D eigenvalue weighted by atomic mass is 10.1. The maximum Gasteiger partial charge on any atom is 0.242 e. The second kappa shape index (κ2) is 5.54. The molecule has 0 spiro atoms. The molecule has 0 unspecified atom stereocenters. The minimum absolute atomic E-state index is 0.00937. The number of benzene rings is 1. The highest BCUT2D eigenvalue weighted by molar-refractivity contribution is 7.80. The Labute approximate surface area is 121 Å². The summed E-state index contributed by atoms with van der Waals surface area (Å²) < 4.78 is 14.2. The van der Waals surface area contributed by atoms with E-state index < -0.39 is 5.82 Å². The Morgan fingerprint density at radius 1 is 1.35 bits per heavy atom. The molecule has 106 valence electrons. The molecule has 2 amide bonds. The highest BCUT2D eigenvalue weighted by Crippen LogP contribution is 2.16. The molecule has 1 aliphatic heterocycles. The van der Waals surface area contributed by atoms with Gasteiger partial charge in [0.2, 0.25) is 11.8 Å². The molecule has 0 aromatic heterocycles. The maximum atomic E-state index is 14.2.